The molecule has 1 amide bonds. The summed E-state index contributed by atoms with van der Waals surface area (Å²) in [6.07, 6.45) is 0.948. The molecule has 0 spiro atoms. The summed E-state index contributed by atoms with van der Waals surface area (Å²) < 4.78 is 0. The van der Waals surface area contributed by atoms with Gasteiger partial charge >= 0.3 is 0 Å². The van der Waals surface area contributed by atoms with E-state index in [-0.39, 0.29) is 5.91 Å². The van der Waals surface area contributed by atoms with Crippen LogP contribution in [0.5, 0.6) is 0 Å². The number of hydrogen-bond donors (Lipinski definition) is 1. The first-order valence-corrected chi connectivity index (χ1v) is 6.11. The second kappa shape index (κ2) is 4.90. The van der Waals surface area contributed by atoms with Crippen LogP contribution in [-0.4, -0.2) is 27.3 Å². The summed E-state index contributed by atoms with van der Waals surface area (Å²) in [6.45, 7) is 3.85. The number of benzene rings is 1. The van der Waals surface area contributed by atoms with Gasteiger partial charge in [-0.2, -0.15) is 5.10 Å². The van der Waals surface area contributed by atoms with E-state index in [0.29, 0.717) is 25.1 Å². The van der Waals surface area contributed by atoms with Crippen LogP contribution in [0.4, 0.5) is 0 Å². The number of hydrazone groups is 1. The number of amides is 1. The van der Waals surface area contributed by atoms with Gasteiger partial charge in [-0.05, 0) is 25.8 Å². The highest BCUT2D eigenvalue weighted by Crippen LogP contribution is 2.19. The molecule has 96 valence electrons. The summed E-state index contributed by atoms with van der Waals surface area (Å²) in [5, 5.41) is 15.7. The van der Waals surface area contributed by atoms with Gasteiger partial charge in [-0.15, -0.1) is 0 Å². The van der Waals surface area contributed by atoms with Gasteiger partial charge in [-0.25, -0.2) is 5.01 Å². The minimum Gasteiger partial charge on any atom is -0.384 e. The lowest BCUT2D eigenvalue weighted by Gasteiger charge is -2.28. The van der Waals surface area contributed by atoms with E-state index in [1.54, 1.807) is 13.8 Å². The molecule has 0 saturated carbocycles. The zero-order valence-corrected chi connectivity index (χ0v) is 10.8. The topological polar surface area (TPSA) is 52.9 Å². The highest BCUT2D eigenvalue weighted by atomic mass is 16.3. The largest absolute Gasteiger partial charge is 0.384 e. The quantitative estimate of drug-likeness (QED) is 0.886. The van der Waals surface area contributed by atoms with Crippen LogP contribution in [-0.2, 0) is 11.3 Å². The van der Waals surface area contributed by atoms with Gasteiger partial charge < -0.3 is 5.11 Å². The Bertz CT molecular complexity index is 460. The standard InChI is InChI=1S/C14H18N2O2/c1-14(2,18)12-8-9-13(17)16(15-12)10-11-6-4-3-5-7-11/h3-7,18H,8-10H2,1-2H3. The van der Waals surface area contributed by atoms with Crippen molar-refractivity contribution in [3.63, 3.8) is 0 Å². The second-order valence-corrected chi connectivity index (χ2v) is 5.04. The van der Waals surface area contributed by atoms with Crippen molar-refractivity contribution in [2.75, 3.05) is 0 Å². The molecule has 1 aromatic carbocycles. The third-order valence-electron chi connectivity index (χ3n) is 2.99. The molecule has 1 aromatic rings. The Labute approximate surface area is 107 Å². The van der Waals surface area contributed by atoms with Crippen LogP contribution in [0.2, 0.25) is 0 Å². The van der Waals surface area contributed by atoms with E-state index >= 15 is 0 Å². The van der Waals surface area contributed by atoms with Crippen LogP contribution >= 0.6 is 0 Å². The van der Waals surface area contributed by atoms with E-state index in [2.05, 4.69) is 5.10 Å². The van der Waals surface area contributed by atoms with Gasteiger partial charge in [0.25, 0.3) is 0 Å². The minimum absolute atomic E-state index is 0.00635. The number of nitrogens with zero attached hydrogens (tertiary/aromatic N) is 2. The summed E-state index contributed by atoms with van der Waals surface area (Å²) in [4.78, 5) is 11.8. The molecular formula is C14H18N2O2. The number of hydrogen-bond acceptors (Lipinski definition) is 3. The Kier molecular flexibility index (Phi) is 3.48. The van der Waals surface area contributed by atoms with Gasteiger partial charge in [-0.1, -0.05) is 30.3 Å². The Morgan fingerprint density at radius 3 is 2.56 bits per heavy atom. The summed E-state index contributed by atoms with van der Waals surface area (Å²) in [6, 6.07) is 9.73. The second-order valence-electron chi connectivity index (χ2n) is 5.04. The Hall–Kier alpha value is -1.68. The predicted octanol–water partition coefficient (Wildman–Crippen LogP) is 1.94. The molecule has 18 heavy (non-hydrogen) atoms. The Morgan fingerprint density at radius 2 is 1.94 bits per heavy atom. The van der Waals surface area contributed by atoms with E-state index in [9.17, 15) is 9.90 Å². The summed E-state index contributed by atoms with van der Waals surface area (Å²) in [5.74, 6) is 0.00635. The van der Waals surface area contributed by atoms with Crippen LogP contribution in [0.15, 0.2) is 35.4 Å². The molecule has 0 atom stereocenters. The van der Waals surface area contributed by atoms with Crippen molar-refractivity contribution >= 4 is 11.6 Å². The van der Waals surface area contributed by atoms with Crippen molar-refractivity contribution in [1.82, 2.24) is 5.01 Å². The Morgan fingerprint density at radius 1 is 1.28 bits per heavy atom. The van der Waals surface area contributed by atoms with Gasteiger partial charge in [0.1, 0.15) is 0 Å². The average molecular weight is 246 g/mol. The molecule has 4 heteroatoms. The molecule has 1 aliphatic rings. The van der Waals surface area contributed by atoms with Crippen LogP contribution in [0.25, 0.3) is 0 Å². The van der Waals surface area contributed by atoms with E-state index in [1.807, 2.05) is 30.3 Å². The molecule has 0 bridgehead atoms. The minimum atomic E-state index is -0.963. The molecule has 1 aliphatic heterocycles. The van der Waals surface area contributed by atoms with Gasteiger partial charge in [-0.3, -0.25) is 4.79 Å². The van der Waals surface area contributed by atoms with Crippen LogP contribution in [0.1, 0.15) is 32.3 Å². The molecule has 1 N–H and O–H groups in total. The summed E-state index contributed by atoms with van der Waals surface area (Å²) in [7, 11) is 0. The molecule has 0 aromatic heterocycles. The highest BCUT2D eigenvalue weighted by Gasteiger charge is 2.28. The molecule has 0 saturated heterocycles. The smallest absolute Gasteiger partial charge is 0.243 e. The zero-order valence-electron chi connectivity index (χ0n) is 10.8. The fourth-order valence-corrected chi connectivity index (χ4v) is 1.91. The number of carbonyl (C=O) groups excluding carboxylic acids is 1. The maximum absolute atomic E-state index is 11.8. The number of rotatable bonds is 3. The molecule has 0 radical (unpaired) electrons. The first kappa shape index (κ1) is 12.8. The van der Waals surface area contributed by atoms with Crippen LogP contribution < -0.4 is 0 Å². The third kappa shape index (κ3) is 2.96. The monoisotopic (exact) mass is 246 g/mol. The van der Waals surface area contributed by atoms with Gasteiger partial charge in [0, 0.05) is 6.42 Å². The van der Waals surface area contributed by atoms with Crippen LogP contribution in [0, 0.1) is 0 Å². The number of carbonyl (C=O) groups is 1. The van der Waals surface area contributed by atoms with Crippen molar-refractivity contribution < 1.29 is 9.90 Å². The molecule has 0 aliphatic carbocycles. The zero-order chi connectivity index (χ0) is 13.2. The van der Waals surface area contributed by atoms with E-state index in [4.69, 9.17) is 0 Å². The van der Waals surface area contributed by atoms with Gasteiger partial charge in [0.05, 0.1) is 17.9 Å². The lowest BCUT2D eigenvalue weighted by molar-refractivity contribution is -0.132. The van der Waals surface area contributed by atoms with E-state index < -0.39 is 5.60 Å². The van der Waals surface area contributed by atoms with Crippen molar-refractivity contribution in [1.29, 1.82) is 0 Å². The summed E-state index contributed by atoms with van der Waals surface area (Å²) >= 11 is 0. The van der Waals surface area contributed by atoms with Crippen molar-refractivity contribution in [2.45, 2.75) is 38.8 Å². The van der Waals surface area contributed by atoms with Crippen molar-refractivity contribution in [3.05, 3.63) is 35.9 Å². The molecule has 1 heterocycles. The van der Waals surface area contributed by atoms with Gasteiger partial charge in [0.2, 0.25) is 5.91 Å². The van der Waals surface area contributed by atoms with Crippen molar-refractivity contribution in [2.24, 2.45) is 5.10 Å². The molecular weight excluding hydrogens is 228 g/mol. The number of aliphatic hydroxyl groups is 1. The molecule has 4 nitrogen and oxygen atoms in total. The third-order valence-corrected chi connectivity index (χ3v) is 2.99. The normalized spacial score (nSPS) is 16.7. The molecule has 0 unspecified atom stereocenters. The van der Waals surface area contributed by atoms with Crippen LogP contribution in [0.3, 0.4) is 0 Å². The molecule has 2 rings (SSSR count). The SMILES string of the molecule is CC(C)(O)C1=NN(Cc2ccccc2)C(=O)CC1. The predicted molar refractivity (Wildman–Crippen MR) is 70.0 cm³/mol. The maximum atomic E-state index is 11.8. The molecule has 0 fully saturated rings. The average Bonchev–Trinajstić information content (AvgIpc) is 2.32. The summed E-state index contributed by atoms with van der Waals surface area (Å²) in [5.41, 5.74) is 0.736. The first-order chi connectivity index (χ1) is 8.47. The van der Waals surface area contributed by atoms with Crippen molar-refractivity contribution in [3.8, 4) is 0 Å². The first-order valence-electron chi connectivity index (χ1n) is 6.11. The fourth-order valence-electron chi connectivity index (χ4n) is 1.91. The van der Waals surface area contributed by atoms with Gasteiger partial charge in [0.15, 0.2) is 0 Å². The Balaban J connectivity index is 2.18. The highest BCUT2D eigenvalue weighted by molar-refractivity contribution is 5.97. The maximum Gasteiger partial charge on any atom is 0.243 e. The van der Waals surface area contributed by atoms with E-state index in [0.717, 1.165) is 5.56 Å². The van der Waals surface area contributed by atoms with E-state index in [1.165, 1.54) is 5.01 Å². The lowest BCUT2D eigenvalue weighted by Crippen LogP contribution is -2.40. The fraction of sp³-hybridized carbons (Fsp3) is 0.429. The lowest BCUT2D eigenvalue weighted by atomic mass is 9.97.